The highest BCUT2D eigenvalue weighted by Crippen LogP contribution is 2.24. The third-order valence-electron chi connectivity index (χ3n) is 5.26. The van der Waals surface area contributed by atoms with Crippen LogP contribution < -0.4 is 5.32 Å². The van der Waals surface area contributed by atoms with Crippen LogP contribution >= 0.6 is 0 Å². The molecule has 0 bridgehead atoms. The first kappa shape index (κ1) is 19.6. The van der Waals surface area contributed by atoms with Crippen LogP contribution in [0.4, 0.5) is 5.69 Å². The van der Waals surface area contributed by atoms with Crippen molar-refractivity contribution >= 4 is 27.6 Å². The molecule has 2 aromatic rings. The molecule has 0 saturated carbocycles. The molecule has 4 rings (SSSR count). The van der Waals surface area contributed by atoms with Gasteiger partial charge in [0.1, 0.15) is 0 Å². The Hall–Kier alpha value is -2.71. The first-order valence-electron chi connectivity index (χ1n) is 9.65. The normalized spacial score (nSPS) is 19.9. The number of amides is 1. The molecule has 0 spiro atoms. The Bertz CT molecular complexity index is 1030. The molecule has 1 saturated heterocycles. The van der Waals surface area contributed by atoms with Crippen LogP contribution in [-0.4, -0.2) is 43.8 Å². The number of piperidine rings is 1. The van der Waals surface area contributed by atoms with E-state index in [1.807, 2.05) is 6.07 Å². The number of fused-ring (bicyclic) bond motifs is 1. The summed E-state index contributed by atoms with van der Waals surface area (Å²) in [6.07, 6.45) is 2.17. The molecule has 8 heteroatoms. The summed E-state index contributed by atoms with van der Waals surface area (Å²) >= 11 is 0. The molecular formula is C21H22N2O5S. The number of carbonyl (C=O) groups is 2. The van der Waals surface area contributed by atoms with Crippen molar-refractivity contribution in [2.24, 2.45) is 0 Å². The maximum atomic E-state index is 12.7. The summed E-state index contributed by atoms with van der Waals surface area (Å²) in [5, 5.41) is 2.70. The predicted molar refractivity (Wildman–Crippen MR) is 107 cm³/mol. The summed E-state index contributed by atoms with van der Waals surface area (Å²) in [5.74, 6) is -0.963. The van der Waals surface area contributed by atoms with Crippen LogP contribution in [0.1, 0.15) is 35.2 Å². The summed E-state index contributed by atoms with van der Waals surface area (Å²) in [4.78, 5) is 24.8. The molecule has 2 aliphatic rings. The summed E-state index contributed by atoms with van der Waals surface area (Å²) in [7, 11) is -3.52. The molecule has 152 valence electrons. The third kappa shape index (κ3) is 4.04. The first-order chi connectivity index (χ1) is 13.9. The lowest BCUT2D eigenvalue weighted by Crippen LogP contribution is -2.38. The van der Waals surface area contributed by atoms with Crippen LogP contribution in [0.5, 0.6) is 0 Å². The Morgan fingerprint density at radius 1 is 1.00 bits per heavy atom. The zero-order valence-electron chi connectivity index (χ0n) is 15.8. The van der Waals surface area contributed by atoms with Crippen LogP contribution in [0, 0.1) is 0 Å². The van der Waals surface area contributed by atoms with E-state index < -0.39 is 28.0 Å². The quantitative estimate of drug-likeness (QED) is 0.777. The average Bonchev–Trinajstić information content (AvgIpc) is 2.75. The van der Waals surface area contributed by atoms with Crippen molar-refractivity contribution < 1.29 is 22.7 Å². The van der Waals surface area contributed by atoms with E-state index in [-0.39, 0.29) is 4.90 Å². The fraction of sp³-hybridized carbons (Fsp3) is 0.333. The Balaban J connectivity index is 1.44. The lowest BCUT2D eigenvalue weighted by molar-refractivity contribution is -0.125. The monoisotopic (exact) mass is 414 g/mol. The zero-order valence-corrected chi connectivity index (χ0v) is 16.7. The second-order valence-corrected chi connectivity index (χ2v) is 9.17. The zero-order chi connectivity index (χ0) is 20.4. The van der Waals surface area contributed by atoms with Gasteiger partial charge in [-0.25, -0.2) is 13.2 Å². The standard InChI is InChI=1S/C21H22N2O5S/c24-20(19-14-15-6-2-3-7-18(15)21(25)28-19)22-16-8-10-17(11-9-16)29(26,27)23-12-4-1-5-13-23/h2-3,6-11,19H,1,4-5,12-14H2,(H,22,24). The molecule has 7 nitrogen and oxygen atoms in total. The second-order valence-electron chi connectivity index (χ2n) is 7.23. The van der Waals surface area contributed by atoms with Crippen molar-refractivity contribution in [1.82, 2.24) is 4.31 Å². The molecule has 0 aliphatic carbocycles. The van der Waals surface area contributed by atoms with Gasteiger partial charge in [0.05, 0.1) is 10.5 Å². The molecule has 0 aromatic heterocycles. The van der Waals surface area contributed by atoms with Gasteiger partial charge in [0.25, 0.3) is 5.91 Å². The van der Waals surface area contributed by atoms with Crippen LogP contribution in [-0.2, 0) is 26.0 Å². The summed E-state index contributed by atoms with van der Waals surface area (Å²) in [6.45, 7) is 1.07. The molecule has 1 amide bonds. The largest absolute Gasteiger partial charge is 0.448 e. The Morgan fingerprint density at radius 3 is 2.41 bits per heavy atom. The number of sulfonamides is 1. The molecule has 2 aromatic carbocycles. The third-order valence-corrected chi connectivity index (χ3v) is 7.17. The summed E-state index contributed by atoms with van der Waals surface area (Å²) in [6, 6.07) is 13.1. The number of rotatable bonds is 4. The number of hydrogen-bond acceptors (Lipinski definition) is 5. The van der Waals surface area contributed by atoms with E-state index in [0.29, 0.717) is 30.8 Å². The van der Waals surface area contributed by atoms with E-state index in [2.05, 4.69) is 5.32 Å². The number of cyclic esters (lactones) is 1. The van der Waals surface area contributed by atoms with Crippen molar-refractivity contribution in [3.63, 3.8) is 0 Å². The number of nitrogens with zero attached hydrogens (tertiary/aromatic N) is 1. The molecule has 0 radical (unpaired) electrons. The van der Waals surface area contributed by atoms with E-state index >= 15 is 0 Å². The smallest absolute Gasteiger partial charge is 0.339 e. The fourth-order valence-corrected chi connectivity index (χ4v) is 5.18. The number of ether oxygens (including phenoxy) is 1. The van der Waals surface area contributed by atoms with Gasteiger partial charge in [0, 0.05) is 25.2 Å². The van der Waals surface area contributed by atoms with Crippen molar-refractivity contribution in [2.75, 3.05) is 18.4 Å². The minimum atomic E-state index is -3.52. The van der Waals surface area contributed by atoms with Gasteiger partial charge in [-0.3, -0.25) is 4.79 Å². The van der Waals surface area contributed by atoms with Gasteiger partial charge in [0.2, 0.25) is 10.0 Å². The van der Waals surface area contributed by atoms with Gasteiger partial charge in [-0.05, 0) is 48.7 Å². The van der Waals surface area contributed by atoms with E-state index in [9.17, 15) is 18.0 Å². The number of benzene rings is 2. The van der Waals surface area contributed by atoms with Gasteiger partial charge in [-0.15, -0.1) is 0 Å². The van der Waals surface area contributed by atoms with E-state index in [4.69, 9.17) is 4.74 Å². The molecule has 29 heavy (non-hydrogen) atoms. The number of esters is 1. The van der Waals surface area contributed by atoms with Crippen molar-refractivity contribution in [2.45, 2.75) is 36.7 Å². The van der Waals surface area contributed by atoms with E-state index in [1.54, 1.807) is 30.3 Å². The lowest BCUT2D eigenvalue weighted by Gasteiger charge is -2.26. The minimum Gasteiger partial charge on any atom is -0.448 e. The highest BCUT2D eigenvalue weighted by Gasteiger charge is 2.31. The van der Waals surface area contributed by atoms with Crippen LogP contribution in [0.15, 0.2) is 53.4 Å². The fourth-order valence-electron chi connectivity index (χ4n) is 3.67. The Labute approximate surface area is 169 Å². The molecule has 2 aliphatic heterocycles. The molecular weight excluding hydrogens is 392 g/mol. The molecule has 1 atom stereocenters. The highest BCUT2D eigenvalue weighted by molar-refractivity contribution is 7.89. The highest BCUT2D eigenvalue weighted by atomic mass is 32.2. The first-order valence-corrected chi connectivity index (χ1v) is 11.1. The maximum absolute atomic E-state index is 12.7. The Morgan fingerprint density at radius 2 is 1.69 bits per heavy atom. The van der Waals surface area contributed by atoms with Gasteiger partial charge < -0.3 is 10.1 Å². The SMILES string of the molecule is O=C1OC(C(=O)Nc2ccc(S(=O)(=O)N3CCCCC3)cc2)Cc2ccccc21. The van der Waals surface area contributed by atoms with Gasteiger partial charge in [0.15, 0.2) is 6.10 Å². The maximum Gasteiger partial charge on any atom is 0.339 e. The van der Waals surface area contributed by atoms with Gasteiger partial charge in [-0.2, -0.15) is 4.31 Å². The number of carbonyl (C=O) groups excluding carboxylic acids is 2. The average molecular weight is 414 g/mol. The van der Waals surface area contributed by atoms with Crippen molar-refractivity contribution in [3.05, 3.63) is 59.7 Å². The summed E-state index contributed by atoms with van der Waals surface area (Å²) in [5.41, 5.74) is 1.69. The van der Waals surface area contributed by atoms with Crippen LogP contribution in [0.3, 0.4) is 0 Å². The van der Waals surface area contributed by atoms with Gasteiger partial charge >= 0.3 is 5.97 Å². The number of hydrogen-bond donors (Lipinski definition) is 1. The van der Waals surface area contributed by atoms with E-state index in [1.165, 1.54) is 16.4 Å². The van der Waals surface area contributed by atoms with Gasteiger partial charge in [-0.1, -0.05) is 24.6 Å². The minimum absolute atomic E-state index is 0.204. The Kier molecular flexibility index (Phi) is 5.38. The predicted octanol–water partition coefficient (Wildman–Crippen LogP) is 2.58. The number of anilines is 1. The molecule has 1 fully saturated rings. The lowest BCUT2D eigenvalue weighted by atomic mass is 9.98. The van der Waals surface area contributed by atoms with Crippen LogP contribution in [0.2, 0.25) is 0 Å². The summed E-state index contributed by atoms with van der Waals surface area (Å²) < 4.78 is 32.2. The van der Waals surface area contributed by atoms with Crippen molar-refractivity contribution in [1.29, 1.82) is 0 Å². The molecule has 1 N–H and O–H groups in total. The van der Waals surface area contributed by atoms with E-state index in [0.717, 1.165) is 24.8 Å². The number of nitrogens with one attached hydrogen (secondary N) is 1. The molecule has 2 heterocycles. The second kappa shape index (κ2) is 7.96. The topological polar surface area (TPSA) is 92.8 Å². The van der Waals surface area contributed by atoms with Crippen molar-refractivity contribution in [3.8, 4) is 0 Å². The molecule has 1 unspecified atom stereocenters. The van der Waals surface area contributed by atoms with Crippen LogP contribution in [0.25, 0.3) is 0 Å².